The lowest BCUT2D eigenvalue weighted by molar-refractivity contribution is -0.869. The van der Waals surface area contributed by atoms with Crippen LogP contribution >= 0.6 is 0 Å². The van der Waals surface area contributed by atoms with E-state index in [0.717, 1.165) is 0 Å². The highest BCUT2D eigenvalue weighted by molar-refractivity contribution is 5.96. The van der Waals surface area contributed by atoms with Gasteiger partial charge in [0.05, 0.1) is 39.0 Å². The maximum Gasteiger partial charge on any atom is 0.270 e. The lowest BCUT2D eigenvalue weighted by Crippen LogP contribution is -3.00. The van der Waals surface area contributed by atoms with Crippen molar-refractivity contribution in [2.24, 2.45) is 0 Å². The second-order valence-corrected chi connectivity index (χ2v) is 4.99. The van der Waals surface area contributed by atoms with Gasteiger partial charge in [0, 0.05) is 17.7 Å². The highest BCUT2D eigenvalue weighted by Gasteiger charge is 2.15. The van der Waals surface area contributed by atoms with Crippen LogP contribution in [0, 0.1) is 10.1 Å². The molecule has 0 saturated heterocycles. The number of nitro groups is 1. The number of quaternary nitrogens is 1. The number of Topliss-reactive ketones (excluding diaryl/α,β-unsaturated/α-hetero) is 1. The SMILES string of the molecule is C[N+](C)(C)CCC(=O)c1cccc([N+](=O)[O-])c1.[Br-]. The van der Waals surface area contributed by atoms with E-state index in [1.54, 1.807) is 6.07 Å². The van der Waals surface area contributed by atoms with Gasteiger partial charge in [-0.05, 0) is 0 Å². The number of carbonyl (C=O) groups is 1. The van der Waals surface area contributed by atoms with Crippen LogP contribution in [0.2, 0.25) is 0 Å². The van der Waals surface area contributed by atoms with Gasteiger partial charge in [0.25, 0.3) is 5.69 Å². The van der Waals surface area contributed by atoms with Crippen LogP contribution in [-0.4, -0.2) is 42.9 Å². The van der Waals surface area contributed by atoms with Crippen molar-refractivity contribution in [2.45, 2.75) is 6.42 Å². The Bertz CT molecular complexity index is 441. The molecule has 0 N–H and O–H groups in total. The van der Waals surface area contributed by atoms with Crippen molar-refractivity contribution in [1.29, 1.82) is 0 Å². The van der Waals surface area contributed by atoms with E-state index in [2.05, 4.69) is 0 Å². The predicted molar refractivity (Wildman–Crippen MR) is 64.9 cm³/mol. The van der Waals surface area contributed by atoms with Crippen LogP contribution < -0.4 is 17.0 Å². The van der Waals surface area contributed by atoms with Gasteiger partial charge in [0.1, 0.15) is 0 Å². The van der Waals surface area contributed by atoms with Crippen molar-refractivity contribution in [2.75, 3.05) is 27.7 Å². The van der Waals surface area contributed by atoms with Crippen molar-refractivity contribution in [1.82, 2.24) is 0 Å². The van der Waals surface area contributed by atoms with Gasteiger partial charge in [-0.15, -0.1) is 0 Å². The van der Waals surface area contributed by atoms with E-state index in [9.17, 15) is 14.9 Å². The Kier molecular flexibility index (Phi) is 6.14. The molecular formula is C12H17BrN2O3. The lowest BCUT2D eigenvalue weighted by Gasteiger charge is -2.23. The summed E-state index contributed by atoms with van der Waals surface area (Å²) in [6.45, 7) is 0.710. The van der Waals surface area contributed by atoms with E-state index in [-0.39, 0.29) is 28.5 Å². The predicted octanol–water partition coefficient (Wildman–Crippen LogP) is -1.12. The highest BCUT2D eigenvalue weighted by Crippen LogP contribution is 2.14. The second-order valence-electron chi connectivity index (χ2n) is 4.99. The number of ketones is 1. The van der Waals surface area contributed by atoms with Crippen molar-refractivity contribution in [3.05, 3.63) is 39.9 Å². The minimum Gasteiger partial charge on any atom is -1.00 e. The molecule has 1 aromatic rings. The molecule has 18 heavy (non-hydrogen) atoms. The first kappa shape index (κ1) is 16.7. The first-order chi connectivity index (χ1) is 7.79. The van der Waals surface area contributed by atoms with Gasteiger partial charge in [0.15, 0.2) is 5.78 Å². The zero-order valence-corrected chi connectivity index (χ0v) is 12.3. The van der Waals surface area contributed by atoms with Crippen molar-refractivity contribution in [3.63, 3.8) is 0 Å². The highest BCUT2D eigenvalue weighted by atomic mass is 79.9. The molecule has 0 aliphatic rings. The third kappa shape index (κ3) is 5.37. The van der Waals surface area contributed by atoms with Crippen LogP contribution in [0.15, 0.2) is 24.3 Å². The molecule has 0 atom stereocenters. The molecule has 5 nitrogen and oxygen atoms in total. The fourth-order valence-electron chi connectivity index (χ4n) is 1.37. The van der Waals surface area contributed by atoms with Gasteiger partial charge in [0.2, 0.25) is 0 Å². The fraction of sp³-hybridized carbons (Fsp3) is 0.417. The van der Waals surface area contributed by atoms with Gasteiger partial charge in [-0.3, -0.25) is 14.9 Å². The summed E-state index contributed by atoms with van der Waals surface area (Å²) in [4.78, 5) is 21.9. The van der Waals surface area contributed by atoms with E-state index in [1.165, 1.54) is 18.2 Å². The number of non-ortho nitro benzene ring substituents is 1. The molecule has 0 spiro atoms. The molecule has 0 heterocycles. The summed E-state index contributed by atoms with van der Waals surface area (Å²) in [5.41, 5.74) is 0.369. The molecule has 0 saturated carbocycles. The number of hydrogen-bond acceptors (Lipinski definition) is 3. The number of nitro benzene ring substituents is 1. The molecule has 100 valence electrons. The summed E-state index contributed by atoms with van der Waals surface area (Å²) in [6.07, 6.45) is 0.394. The van der Waals surface area contributed by atoms with Crippen molar-refractivity contribution >= 4 is 11.5 Å². The van der Waals surface area contributed by atoms with E-state index in [0.29, 0.717) is 23.0 Å². The molecule has 0 aromatic heterocycles. The van der Waals surface area contributed by atoms with Crippen LogP contribution in [0.3, 0.4) is 0 Å². The van der Waals surface area contributed by atoms with Gasteiger partial charge >= 0.3 is 0 Å². The molecule has 0 amide bonds. The molecule has 0 bridgehead atoms. The summed E-state index contributed by atoms with van der Waals surface area (Å²) in [5, 5.41) is 10.6. The third-order valence-corrected chi connectivity index (χ3v) is 2.39. The Hall–Kier alpha value is -1.27. The van der Waals surface area contributed by atoms with E-state index >= 15 is 0 Å². The van der Waals surface area contributed by atoms with Crippen LogP contribution in [0.25, 0.3) is 0 Å². The van der Waals surface area contributed by atoms with Crippen molar-refractivity contribution in [3.8, 4) is 0 Å². The zero-order valence-electron chi connectivity index (χ0n) is 10.7. The van der Waals surface area contributed by atoms with Crippen LogP contribution in [0.4, 0.5) is 5.69 Å². The Balaban J connectivity index is 0.00000289. The second kappa shape index (κ2) is 6.61. The molecule has 0 radical (unpaired) electrons. The smallest absolute Gasteiger partial charge is 0.270 e. The van der Waals surface area contributed by atoms with Gasteiger partial charge in [-0.2, -0.15) is 0 Å². The molecule has 0 unspecified atom stereocenters. The molecule has 0 aliphatic heterocycles. The zero-order chi connectivity index (χ0) is 13.1. The van der Waals surface area contributed by atoms with E-state index < -0.39 is 4.92 Å². The Morgan fingerprint density at radius 1 is 1.33 bits per heavy atom. The van der Waals surface area contributed by atoms with Crippen LogP contribution in [0.5, 0.6) is 0 Å². The van der Waals surface area contributed by atoms with E-state index in [1.807, 2.05) is 21.1 Å². The summed E-state index contributed by atoms with van der Waals surface area (Å²) in [7, 11) is 6.00. The van der Waals surface area contributed by atoms with E-state index in [4.69, 9.17) is 0 Å². The Morgan fingerprint density at radius 2 is 1.94 bits per heavy atom. The normalized spacial score (nSPS) is 10.6. The minimum absolute atomic E-state index is 0. The lowest BCUT2D eigenvalue weighted by atomic mass is 10.1. The maximum atomic E-state index is 11.8. The molecule has 1 rings (SSSR count). The fourth-order valence-corrected chi connectivity index (χ4v) is 1.37. The molecule has 6 heteroatoms. The number of benzene rings is 1. The number of hydrogen-bond donors (Lipinski definition) is 0. The Morgan fingerprint density at radius 3 is 2.44 bits per heavy atom. The third-order valence-electron chi connectivity index (χ3n) is 2.39. The first-order valence-corrected chi connectivity index (χ1v) is 5.38. The summed E-state index contributed by atoms with van der Waals surface area (Å²) < 4.78 is 0.695. The van der Waals surface area contributed by atoms with Crippen LogP contribution in [0.1, 0.15) is 16.8 Å². The molecular weight excluding hydrogens is 300 g/mol. The van der Waals surface area contributed by atoms with Crippen molar-refractivity contribution < 1.29 is 31.2 Å². The number of halogens is 1. The summed E-state index contributed by atoms with van der Waals surface area (Å²) in [5.74, 6) is -0.0539. The summed E-state index contributed by atoms with van der Waals surface area (Å²) >= 11 is 0. The molecule has 0 fully saturated rings. The molecule has 1 aromatic carbocycles. The number of rotatable bonds is 5. The monoisotopic (exact) mass is 316 g/mol. The molecule has 0 aliphatic carbocycles. The maximum absolute atomic E-state index is 11.8. The van der Waals surface area contributed by atoms with Gasteiger partial charge in [-0.1, -0.05) is 12.1 Å². The number of nitrogens with zero attached hydrogens (tertiary/aromatic N) is 2. The van der Waals surface area contributed by atoms with Gasteiger partial charge in [-0.25, -0.2) is 0 Å². The number of carbonyl (C=O) groups excluding carboxylic acids is 1. The largest absolute Gasteiger partial charge is 1.00 e. The average molecular weight is 317 g/mol. The average Bonchev–Trinajstić information content (AvgIpc) is 2.25. The summed E-state index contributed by atoms with van der Waals surface area (Å²) in [6, 6.07) is 5.87. The van der Waals surface area contributed by atoms with Gasteiger partial charge < -0.3 is 21.5 Å². The minimum atomic E-state index is -0.489. The quantitative estimate of drug-likeness (QED) is 0.299. The standard InChI is InChI=1S/C12H17N2O3.BrH/c1-14(2,3)8-7-12(15)10-5-4-6-11(9-10)13(16)17;/h4-6,9H,7-8H2,1-3H3;1H/q+1;/p-1. The van der Waals surface area contributed by atoms with Crippen LogP contribution in [-0.2, 0) is 0 Å². The Labute approximate surface area is 117 Å². The first-order valence-electron chi connectivity index (χ1n) is 5.38. The topological polar surface area (TPSA) is 60.2 Å².